The third-order valence-electron chi connectivity index (χ3n) is 5.35. The average Bonchev–Trinajstić information content (AvgIpc) is 2.55. The van der Waals surface area contributed by atoms with E-state index in [2.05, 4.69) is 26.4 Å². The molecule has 0 unspecified atom stereocenters. The van der Waals surface area contributed by atoms with Crippen molar-refractivity contribution in [3.05, 3.63) is 46.8 Å². The van der Waals surface area contributed by atoms with Gasteiger partial charge in [0.05, 0.1) is 6.04 Å². The lowest BCUT2D eigenvalue weighted by Crippen LogP contribution is -2.33. The molecule has 0 amide bonds. The van der Waals surface area contributed by atoms with E-state index in [1.165, 1.54) is 25.0 Å². The Labute approximate surface area is 141 Å². The Bertz CT molecular complexity index is 747. The molecule has 2 aliphatic rings. The van der Waals surface area contributed by atoms with Crippen LogP contribution in [0.3, 0.4) is 0 Å². The van der Waals surface area contributed by atoms with E-state index in [1.807, 2.05) is 0 Å². The highest BCUT2D eigenvalue weighted by Gasteiger charge is 2.25. The molecule has 126 valence electrons. The molecule has 24 heavy (non-hydrogen) atoms. The maximum Gasteiger partial charge on any atom is 0.266 e. The molecule has 6 nitrogen and oxygen atoms in total. The van der Waals surface area contributed by atoms with Crippen LogP contribution in [0.5, 0.6) is 0 Å². The molecular formula is C18H23N5O. The lowest BCUT2D eigenvalue weighted by molar-refractivity contribution is 0.303. The van der Waals surface area contributed by atoms with Gasteiger partial charge in [-0.05, 0) is 44.6 Å². The minimum Gasteiger partial charge on any atom is -0.367 e. The highest BCUT2D eigenvalue weighted by atomic mass is 16.1. The maximum atomic E-state index is 11.9. The Morgan fingerprint density at radius 1 is 1.08 bits per heavy atom. The van der Waals surface area contributed by atoms with E-state index in [4.69, 9.17) is 0 Å². The molecule has 0 radical (unpaired) electrons. The van der Waals surface area contributed by atoms with E-state index >= 15 is 0 Å². The molecule has 2 aromatic rings. The number of nitrogens with one attached hydrogen (secondary N) is 1. The normalized spacial score (nSPS) is 24.3. The van der Waals surface area contributed by atoms with Gasteiger partial charge in [-0.3, -0.25) is 4.79 Å². The molecule has 0 saturated heterocycles. The van der Waals surface area contributed by atoms with Gasteiger partial charge in [-0.2, -0.15) is 5.10 Å². The van der Waals surface area contributed by atoms with E-state index < -0.39 is 0 Å². The van der Waals surface area contributed by atoms with Crippen LogP contribution in [0.4, 0.5) is 5.82 Å². The Morgan fingerprint density at radius 2 is 1.92 bits per heavy atom. The fraction of sp³-hybridized carbons (Fsp3) is 0.556. The van der Waals surface area contributed by atoms with Gasteiger partial charge in [0.2, 0.25) is 0 Å². The number of hydrogen-bond donors (Lipinski definition) is 1. The molecule has 2 aromatic heterocycles. The van der Waals surface area contributed by atoms with E-state index in [-0.39, 0.29) is 11.6 Å². The molecule has 0 aliphatic heterocycles. The SMILES string of the molecule is O=c1cccnn1C1CCC(Nc2cc(C3CCC3)ncn2)CC1. The maximum absolute atomic E-state index is 11.9. The molecule has 2 heterocycles. The zero-order valence-corrected chi connectivity index (χ0v) is 13.8. The van der Waals surface area contributed by atoms with Crippen LogP contribution in [0.2, 0.25) is 0 Å². The summed E-state index contributed by atoms with van der Waals surface area (Å²) in [6.07, 6.45) is 11.2. The molecule has 2 saturated carbocycles. The van der Waals surface area contributed by atoms with E-state index in [9.17, 15) is 4.79 Å². The zero-order chi connectivity index (χ0) is 16.4. The second-order valence-electron chi connectivity index (χ2n) is 6.91. The lowest BCUT2D eigenvalue weighted by Gasteiger charge is -2.30. The van der Waals surface area contributed by atoms with Crippen molar-refractivity contribution in [3.8, 4) is 0 Å². The molecule has 2 aliphatic carbocycles. The van der Waals surface area contributed by atoms with Gasteiger partial charge in [-0.15, -0.1) is 0 Å². The molecule has 0 spiro atoms. The van der Waals surface area contributed by atoms with Gasteiger partial charge in [-0.25, -0.2) is 14.6 Å². The summed E-state index contributed by atoms with van der Waals surface area (Å²) < 4.78 is 1.63. The Kier molecular flexibility index (Phi) is 4.28. The van der Waals surface area contributed by atoms with Crippen LogP contribution in [-0.2, 0) is 0 Å². The summed E-state index contributed by atoms with van der Waals surface area (Å²) in [4.78, 5) is 20.7. The van der Waals surface area contributed by atoms with Crippen molar-refractivity contribution in [3.63, 3.8) is 0 Å². The van der Waals surface area contributed by atoms with Crippen molar-refractivity contribution < 1.29 is 0 Å². The molecule has 0 bridgehead atoms. The summed E-state index contributed by atoms with van der Waals surface area (Å²) in [7, 11) is 0. The van der Waals surface area contributed by atoms with Crippen molar-refractivity contribution >= 4 is 5.82 Å². The van der Waals surface area contributed by atoms with Crippen LogP contribution in [0.1, 0.15) is 62.6 Å². The number of nitrogens with zero attached hydrogens (tertiary/aromatic N) is 4. The van der Waals surface area contributed by atoms with Crippen molar-refractivity contribution in [2.75, 3.05) is 5.32 Å². The quantitative estimate of drug-likeness (QED) is 0.936. The fourth-order valence-corrected chi connectivity index (χ4v) is 3.70. The van der Waals surface area contributed by atoms with Crippen LogP contribution >= 0.6 is 0 Å². The summed E-state index contributed by atoms with van der Waals surface area (Å²) in [6.45, 7) is 0. The van der Waals surface area contributed by atoms with Gasteiger partial charge >= 0.3 is 0 Å². The van der Waals surface area contributed by atoms with E-state index in [0.29, 0.717) is 12.0 Å². The van der Waals surface area contributed by atoms with E-state index in [1.54, 1.807) is 29.3 Å². The topological polar surface area (TPSA) is 72.7 Å². The smallest absolute Gasteiger partial charge is 0.266 e. The van der Waals surface area contributed by atoms with Crippen molar-refractivity contribution in [1.82, 2.24) is 19.7 Å². The van der Waals surface area contributed by atoms with Crippen LogP contribution in [0.25, 0.3) is 0 Å². The molecule has 4 rings (SSSR count). The Morgan fingerprint density at radius 3 is 2.62 bits per heavy atom. The van der Waals surface area contributed by atoms with Gasteiger partial charge in [-0.1, -0.05) is 6.42 Å². The average molecular weight is 325 g/mol. The first-order chi connectivity index (χ1) is 11.8. The highest BCUT2D eigenvalue weighted by molar-refractivity contribution is 5.37. The van der Waals surface area contributed by atoms with Crippen molar-refractivity contribution in [1.29, 1.82) is 0 Å². The number of hydrogen-bond acceptors (Lipinski definition) is 5. The largest absolute Gasteiger partial charge is 0.367 e. The van der Waals surface area contributed by atoms with Gasteiger partial charge in [0.15, 0.2) is 0 Å². The fourth-order valence-electron chi connectivity index (χ4n) is 3.70. The number of rotatable bonds is 4. The van der Waals surface area contributed by atoms with Crippen LogP contribution in [-0.4, -0.2) is 25.8 Å². The van der Waals surface area contributed by atoms with Gasteiger partial charge in [0.25, 0.3) is 5.56 Å². The first-order valence-corrected chi connectivity index (χ1v) is 8.92. The predicted octanol–water partition coefficient (Wildman–Crippen LogP) is 2.90. The lowest BCUT2D eigenvalue weighted by atomic mass is 9.83. The molecule has 2 fully saturated rings. The summed E-state index contributed by atoms with van der Waals surface area (Å²) in [5, 5.41) is 7.77. The first kappa shape index (κ1) is 15.3. The summed E-state index contributed by atoms with van der Waals surface area (Å²) >= 11 is 0. The molecule has 0 atom stereocenters. The van der Waals surface area contributed by atoms with Gasteiger partial charge in [0.1, 0.15) is 12.1 Å². The minimum atomic E-state index is -0.00477. The van der Waals surface area contributed by atoms with Crippen LogP contribution < -0.4 is 10.9 Å². The molecular weight excluding hydrogens is 302 g/mol. The van der Waals surface area contributed by atoms with Crippen molar-refractivity contribution in [2.24, 2.45) is 0 Å². The van der Waals surface area contributed by atoms with Gasteiger partial charge < -0.3 is 5.32 Å². The summed E-state index contributed by atoms with van der Waals surface area (Å²) in [5.41, 5.74) is 1.17. The Balaban J connectivity index is 1.36. The number of anilines is 1. The first-order valence-electron chi connectivity index (χ1n) is 8.92. The minimum absolute atomic E-state index is 0.00477. The number of aromatic nitrogens is 4. The molecule has 1 N–H and O–H groups in total. The zero-order valence-electron chi connectivity index (χ0n) is 13.8. The highest BCUT2D eigenvalue weighted by Crippen LogP contribution is 2.36. The molecule has 0 aromatic carbocycles. The predicted molar refractivity (Wildman–Crippen MR) is 92.0 cm³/mol. The third-order valence-corrected chi connectivity index (χ3v) is 5.35. The summed E-state index contributed by atoms with van der Waals surface area (Å²) in [6, 6.07) is 6.01. The molecule has 6 heteroatoms. The van der Waals surface area contributed by atoms with E-state index in [0.717, 1.165) is 31.5 Å². The van der Waals surface area contributed by atoms with Crippen molar-refractivity contribution in [2.45, 2.75) is 62.9 Å². The van der Waals surface area contributed by atoms with Gasteiger partial charge in [0, 0.05) is 36.0 Å². The van der Waals surface area contributed by atoms with Crippen LogP contribution in [0, 0.1) is 0 Å². The second-order valence-corrected chi connectivity index (χ2v) is 6.91. The second kappa shape index (κ2) is 6.71. The summed E-state index contributed by atoms with van der Waals surface area (Å²) in [5.74, 6) is 1.56. The van der Waals surface area contributed by atoms with Crippen LogP contribution in [0.15, 0.2) is 35.5 Å². The Hall–Kier alpha value is -2.24. The standard InChI is InChI=1S/C18H23N5O/c24-18-5-2-10-21-23(18)15-8-6-14(7-9-15)22-17-11-16(19-12-20-17)13-3-1-4-13/h2,5,10-15H,1,3-4,6-9H2,(H,19,20,22). The third kappa shape index (κ3) is 3.18. The monoisotopic (exact) mass is 325 g/mol.